The summed E-state index contributed by atoms with van der Waals surface area (Å²) in [6, 6.07) is 3.26. The van der Waals surface area contributed by atoms with Crippen LogP contribution in [0.3, 0.4) is 0 Å². The minimum absolute atomic E-state index is 0.160. The van der Waals surface area contributed by atoms with Crippen LogP contribution in [0.4, 0.5) is 0 Å². The van der Waals surface area contributed by atoms with Gasteiger partial charge < -0.3 is 20.6 Å². The summed E-state index contributed by atoms with van der Waals surface area (Å²) in [7, 11) is 0. The topological polar surface area (TPSA) is 106 Å². The van der Waals surface area contributed by atoms with Gasteiger partial charge in [0.25, 0.3) is 5.91 Å². The van der Waals surface area contributed by atoms with Crippen molar-refractivity contribution in [2.75, 3.05) is 6.54 Å². The van der Waals surface area contributed by atoms with Gasteiger partial charge in [0.05, 0.1) is 6.54 Å². The molecule has 1 aromatic rings. The van der Waals surface area contributed by atoms with Gasteiger partial charge in [-0.25, -0.2) is 0 Å². The number of carbonyl (C=O) groups is 2. The number of nitrogens with one attached hydrogen (secondary N) is 1. The van der Waals surface area contributed by atoms with E-state index < -0.39 is 5.97 Å². The molecule has 1 atom stereocenters. The van der Waals surface area contributed by atoms with E-state index in [9.17, 15) is 9.59 Å². The molecule has 1 rings (SSSR count). The van der Waals surface area contributed by atoms with Crippen molar-refractivity contribution in [3.05, 3.63) is 23.7 Å². The number of hydrogen-bond donors (Lipinski definition) is 3. The van der Waals surface area contributed by atoms with Crippen LogP contribution in [0.5, 0.6) is 0 Å². The molecule has 0 saturated heterocycles. The Hall–Kier alpha value is -1.82. The molecule has 1 amide bonds. The van der Waals surface area contributed by atoms with Gasteiger partial charge in [0.2, 0.25) is 0 Å². The zero-order valence-electron chi connectivity index (χ0n) is 11.0. The maximum Gasteiger partial charge on any atom is 0.303 e. The molecular weight excluding hydrogens is 248 g/mol. The number of carboxylic acid groups (broad SMARTS) is 1. The van der Waals surface area contributed by atoms with Crippen molar-refractivity contribution in [3.63, 3.8) is 0 Å². The second-order valence-corrected chi connectivity index (χ2v) is 4.55. The number of rotatable bonds is 8. The minimum Gasteiger partial charge on any atom is -0.481 e. The van der Waals surface area contributed by atoms with E-state index in [0.29, 0.717) is 18.7 Å². The van der Waals surface area contributed by atoms with Crippen molar-refractivity contribution >= 4 is 11.9 Å². The fourth-order valence-corrected chi connectivity index (χ4v) is 1.64. The van der Waals surface area contributed by atoms with Gasteiger partial charge in [-0.1, -0.05) is 6.92 Å². The first-order valence-electron chi connectivity index (χ1n) is 6.31. The largest absolute Gasteiger partial charge is 0.481 e. The number of carbonyl (C=O) groups excluding carboxylic acids is 1. The smallest absolute Gasteiger partial charge is 0.303 e. The number of aliphatic carboxylic acids is 1. The normalized spacial score (nSPS) is 12.1. The molecule has 0 aliphatic rings. The predicted octanol–water partition coefficient (Wildman–Crippen LogP) is 1.36. The molecule has 0 radical (unpaired) electrons. The van der Waals surface area contributed by atoms with Crippen LogP contribution in [-0.2, 0) is 11.3 Å². The highest BCUT2D eigenvalue weighted by atomic mass is 16.4. The third-order valence-corrected chi connectivity index (χ3v) is 2.86. The van der Waals surface area contributed by atoms with E-state index in [2.05, 4.69) is 5.32 Å². The Bertz CT molecular complexity index is 428. The van der Waals surface area contributed by atoms with Crippen molar-refractivity contribution in [2.24, 2.45) is 11.7 Å². The molecule has 0 spiro atoms. The summed E-state index contributed by atoms with van der Waals surface area (Å²) in [5, 5.41) is 11.3. The molecule has 6 nitrogen and oxygen atoms in total. The van der Waals surface area contributed by atoms with Crippen LogP contribution in [0.15, 0.2) is 16.5 Å². The number of nitrogens with two attached hydrogens (primary N) is 1. The molecule has 4 N–H and O–H groups in total. The Morgan fingerprint density at radius 3 is 2.74 bits per heavy atom. The molecular formula is C13H20N2O4. The Morgan fingerprint density at radius 2 is 2.16 bits per heavy atom. The molecule has 19 heavy (non-hydrogen) atoms. The van der Waals surface area contributed by atoms with Gasteiger partial charge >= 0.3 is 5.97 Å². The van der Waals surface area contributed by atoms with Gasteiger partial charge in [-0.05, 0) is 30.9 Å². The molecule has 0 aromatic carbocycles. The SMILES string of the molecule is CC(CCNC(=O)c1ccc(CN)o1)CCC(=O)O. The first-order valence-corrected chi connectivity index (χ1v) is 6.31. The summed E-state index contributed by atoms with van der Waals surface area (Å²) >= 11 is 0. The predicted molar refractivity (Wildman–Crippen MR) is 69.6 cm³/mol. The quantitative estimate of drug-likeness (QED) is 0.660. The molecule has 6 heteroatoms. The lowest BCUT2D eigenvalue weighted by Gasteiger charge is -2.10. The molecule has 1 aromatic heterocycles. The van der Waals surface area contributed by atoms with Crippen molar-refractivity contribution in [1.29, 1.82) is 0 Å². The van der Waals surface area contributed by atoms with Crippen LogP contribution in [0.2, 0.25) is 0 Å². The van der Waals surface area contributed by atoms with Gasteiger partial charge in [0.15, 0.2) is 5.76 Å². The molecule has 0 saturated carbocycles. The van der Waals surface area contributed by atoms with Crippen LogP contribution < -0.4 is 11.1 Å². The van der Waals surface area contributed by atoms with Crippen LogP contribution >= 0.6 is 0 Å². The van der Waals surface area contributed by atoms with Gasteiger partial charge in [0.1, 0.15) is 5.76 Å². The summed E-state index contributed by atoms with van der Waals surface area (Å²) in [4.78, 5) is 22.1. The molecule has 0 bridgehead atoms. The fourth-order valence-electron chi connectivity index (χ4n) is 1.64. The third-order valence-electron chi connectivity index (χ3n) is 2.86. The van der Waals surface area contributed by atoms with Crippen molar-refractivity contribution in [3.8, 4) is 0 Å². The summed E-state index contributed by atoms with van der Waals surface area (Å²) in [5.74, 6) is 0.0112. The van der Waals surface area contributed by atoms with Crippen LogP contribution in [0.1, 0.15) is 42.5 Å². The standard InChI is InChI=1S/C13H20N2O4/c1-9(2-5-12(16)17)6-7-15-13(18)11-4-3-10(8-14)19-11/h3-4,9H,2,5-8,14H2,1H3,(H,15,18)(H,16,17). The first kappa shape index (κ1) is 15.2. The van der Waals surface area contributed by atoms with Gasteiger partial charge in [-0.3, -0.25) is 9.59 Å². The van der Waals surface area contributed by atoms with Gasteiger partial charge in [-0.15, -0.1) is 0 Å². The number of furan rings is 1. The summed E-state index contributed by atoms with van der Waals surface area (Å²) < 4.78 is 5.22. The Labute approximate surface area is 112 Å². The van der Waals surface area contributed by atoms with E-state index >= 15 is 0 Å². The van der Waals surface area contributed by atoms with Crippen molar-refractivity contribution in [1.82, 2.24) is 5.32 Å². The lowest BCUT2D eigenvalue weighted by molar-refractivity contribution is -0.137. The highest BCUT2D eigenvalue weighted by molar-refractivity contribution is 5.91. The Balaban J connectivity index is 2.25. The zero-order valence-corrected chi connectivity index (χ0v) is 11.0. The molecule has 0 fully saturated rings. The maximum absolute atomic E-state index is 11.7. The molecule has 1 unspecified atom stereocenters. The highest BCUT2D eigenvalue weighted by Gasteiger charge is 2.11. The Morgan fingerprint density at radius 1 is 1.42 bits per heavy atom. The van der Waals surface area contributed by atoms with E-state index in [4.69, 9.17) is 15.3 Å². The maximum atomic E-state index is 11.7. The summed E-state index contributed by atoms with van der Waals surface area (Å²) in [6.07, 6.45) is 1.51. The fraction of sp³-hybridized carbons (Fsp3) is 0.538. The van der Waals surface area contributed by atoms with E-state index in [1.54, 1.807) is 12.1 Å². The van der Waals surface area contributed by atoms with Crippen molar-refractivity contribution in [2.45, 2.75) is 32.7 Å². The zero-order chi connectivity index (χ0) is 14.3. The lowest BCUT2D eigenvalue weighted by atomic mass is 10.0. The van der Waals surface area contributed by atoms with E-state index in [0.717, 1.165) is 6.42 Å². The average molecular weight is 268 g/mol. The molecule has 1 heterocycles. The summed E-state index contributed by atoms with van der Waals surface area (Å²) in [6.45, 7) is 2.73. The molecule has 106 valence electrons. The monoisotopic (exact) mass is 268 g/mol. The minimum atomic E-state index is -0.791. The number of hydrogen-bond acceptors (Lipinski definition) is 4. The van der Waals surface area contributed by atoms with E-state index in [-0.39, 0.29) is 30.6 Å². The van der Waals surface area contributed by atoms with Crippen LogP contribution in [0.25, 0.3) is 0 Å². The molecule has 0 aliphatic carbocycles. The second kappa shape index (κ2) is 7.58. The lowest BCUT2D eigenvalue weighted by Crippen LogP contribution is -2.25. The second-order valence-electron chi connectivity index (χ2n) is 4.55. The first-order chi connectivity index (χ1) is 9.02. The van der Waals surface area contributed by atoms with Gasteiger partial charge in [0, 0.05) is 13.0 Å². The highest BCUT2D eigenvalue weighted by Crippen LogP contribution is 2.10. The average Bonchev–Trinajstić information content (AvgIpc) is 2.85. The van der Waals surface area contributed by atoms with Crippen LogP contribution in [-0.4, -0.2) is 23.5 Å². The van der Waals surface area contributed by atoms with E-state index in [1.165, 1.54) is 0 Å². The summed E-state index contributed by atoms with van der Waals surface area (Å²) in [5.41, 5.74) is 5.39. The number of carboxylic acids is 1. The van der Waals surface area contributed by atoms with E-state index in [1.807, 2.05) is 6.92 Å². The van der Waals surface area contributed by atoms with Gasteiger partial charge in [-0.2, -0.15) is 0 Å². The number of amides is 1. The third kappa shape index (κ3) is 5.56. The molecule has 0 aliphatic heterocycles. The van der Waals surface area contributed by atoms with Crippen molar-refractivity contribution < 1.29 is 19.1 Å². The van der Waals surface area contributed by atoms with Crippen LogP contribution in [0, 0.1) is 5.92 Å². The Kier molecular flexibility index (Phi) is 6.08.